The van der Waals surface area contributed by atoms with Gasteiger partial charge in [-0.25, -0.2) is 4.79 Å². The summed E-state index contributed by atoms with van der Waals surface area (Å²) >= 11 is 0. The van der Waals surface area contributed by atoms with Crippen LogP contribution in [-0.4, -0.2) is 136 Å². The van der Waals surface area contributed by atoms with Gasteiger partial charge >= 0.3 is 29.8 Å². The Morgan fingerprint density at radius 3 is 1.83 bits per heavy atom. The van der Waals surface area contributed by atoms with Crippen LogP contribution >= 0.6 is 0 Å². The van der Waals surface area contributed by atoms with Gasteiger partial charge in [-0.3, -0.25) is 59.6 Å². The number of esters is 5. The number of allylic oxidation sites excluding steroid dienone is 2. The van der Waals surface area contributed by atoms with Crippen molar-refractivity contribution in [3.63, 3.8) is 0 Å². The minimum Gasteiger partial charge on any atom is -0.463 e. The maximum absolute atomic E-state index is 12.3. The first-order valence-corrected chi connectivity index (χ1v) is 18.0. The lowest BCUT2D eigenvalue weighted by atomic mass is 9.84. The summed E-state index contributed by atoms with van der Waals surface area (Å²) in [4.78, 5) is 99.0. The maximum Gasteiger partial charge on any atom is 0.334 e. The van der Waals surface area contributed by atoms with Crippen LogP contribution in [0.3, 0.4) is 0 Å². The molecule has 4 aliphatic rings. The topological polar surface area (TPSA) is 346 Å². The largest absolute Gasteiger partial charge is 0.463 e. The van der Waals surface area contributed by atoms with Gasteiger partial charge < -0.3 is 38.3 Å². The van der Waals surface area contributed by atoms with Crippen molar-refractivity contribution >= 4 is 29.8 Å². The van der Waals surface area contributed by atoms with E-state index in [9.17, 15) is 69.5 Å². The van der Waals surface area contributed by atoms with Crippen molar-refractivity contribution in [2.45, 2.75) is 114 Å². The zero-order chi connectivity index (χ0) is 43.3. The van der Waals surface area contributed by atoms with Crippen LogP contribution in [0, 0.1) is 46.4 Å². The van der Waals surface area contributed by atoms with E-state index in [1.165, 1.54) is 5.57 Å². The lowest BCUT2D eigenvalue weighted by Crippen LogP contribution is -2.62. The summed E-state index contributed by atoms with van der Waals surface area (Å²) in [5, 5.41) is 52.7. The third-order valence-electron chi connectivity index (χ3n) is 9.39. The van der Waals surface area contributed by atoms with Crippen LogP contribution in [0.4, 0.5) is 0 Å². The van der Waals surface area contributed by atoms with Gasteiger partial charge in [0.25, 0.3) is 0 Å². The predicted octanol–water partition coefficient (Wildman–Crippen LogP) is 0.411. The molecule has 9 atom stereocenters. The number of aliphatic hydroxyl groups excluding tert-OH is 1. The van der Waals surface area contributed by atoms with E-state index in [-0.39, 0.29) is 29.7 Å². The molecule has 0 saturated carbocycles. The number of fused-ring (bicyclic) bond motifs is 3. The molecule has 0 aromatic rings. The van der Waals surface area contributed by atoms with Crippen LogP contribution in [0.15, 0.2) is 23.8 Å². The highest BCUT2D eigenvalue weighted by molar-refractivity contribution is 5.91. The van der Waals surface area contributed by atoms with Gasteiger partial charge in [-0.05, 0) is 39.5 Å². The van der Waals surface area contributed by atoms with E-state index < -0.39 is 133 Å². The third-order valence-corrected chi connectivity index (χ3v) is 9.39. The molecular formula is C33H44N4O21. The molecule has 1 aliphatic carbocycles. The third kappa shape index (κ3) is 14.4. The first kappa shape index (κ1) is 46.7. The fourth-order valence-electron chi connectivity index (χ4n) is 6.25. The zero-order valence-corrected chi connectivity index (χ0v) is 31.5. The van der Waals surface area contributed by atoms with Gasteiger partial charge in [0.1, 0.15) is 50.6 Å². The fourth-order valence-corrected chi connectivity index (χ4v) is 6.25. The van der Waals surface area contributed by atoms with Gasteiger partial charge in [-0.2, -0.15) is 0 Å². The highest BCUT2D eigenvalue weighted by Crippen LogP contribution is 2.49. The van der Waals surface area contributed by atoms with Crippen molar-refractivity contribution in [1.29, 1.82) is 0 Å². The van der Waals surface area contributed by atoms with E-state index in [2.05, 4.69) is 26.5 Å². The first-order valence-electron chi connectivity index (χ1n) is 18.0. The normalized spacial score (nSPS) is 28.6. The Kier molecular flexibility index (Phi) is 17.0. The number of carbonyl (C=O) groups excluding carboxylic acids is 5. The minimum atomic E-state index is -2.22. The number of hydrogen-bond acceptors (Lipinski definition) is 21. The highest BCUT2D eigenvalue weighted by atomic mass is 16.7. The number of epoxide rings is 1. The van der Waals surface area contributed by atoms with Crippen molar-refractivity contribution in [2.24, 2.45) is 5.92 Å². The molecule has 0 amide bonds. The van der Waals surface area contributed by atoms with Crippen LogP contribution in [0.2, 0.25) is 0 Å². The second-order valence-electron chi connectivity index (χ2n) is 13.8. The maximum atomic E-state index is 12.3. The van der Waals surface area contributed by atoms with E-state index in [0.29, 0.717) is 5.57 Å². The van der Waals surface area contributed by atoms with Gasteiger partial charge in [0, 0.05) is 31.2 Å². The van der Waals surface area contributed by atoms with Crippen LogP contribution in [-0.2, 0) is 57.1 Å². The van der Waals surface area contributed by atoms with E-state index >= 15 is 0 Å². The average molecular weight is 833 g/mol. The predicted molar refractivity (Wildman–Crippen MR) is 185 cm³/mol. The minimum absolute atomic E-state index is 0.0671. The summed E-state index contributed by atoms with van der Waals surface area (Å²) in [6.45, 7) is 3.72. The molecule has 0 radical (unpaired) electrons. The van der Waals surface area contributed by atoms with Crippen molar-refractivity contribution in [3.05, 3.63) is 64.3 Å². The Balaban J connectivity index is 0.000000408. The van der Waals surface area contributed by atoms with Gasteiger partial charge in [-0.1, -0.05) is 18.2 Å². The lowest BCUT2D eigenvalue weighted by Gasteiger charge is -2.42. The smallest absolute Gasteiger partial charge is 0.334 e. The summed E-state index contributed by atoms with van der Waals surface area (Å²) in [7, 11) is 0. The molecule has 25 heteroatoms. The molecule has 0 bridgehead atoms. The second-order valence-corrected chi connectivity index (χ2v) is 13.8. The number of rotatable bonds is 17. The average Bonchev–Trinajstić information content (AvgIpc) is 3.73. The molecule has 0 spiro atoms. The SMILES string of the molecule is C=C1C(=O)OC2C1CCC(C)=CCCC1(C)OC21.O=C(CC[N+](=O)[O-])OCC1OC(O)C(OC(=O)CC[N+](=O)[O-])C(OC(=O)CC[N+](=O)[O-])C1OC(=O)CC[N+](=O)[O-]. The highest BCUT2D eigenvalue weighted by Gasteiger charge is 2.61. The monoisotopic (exact) mass is 832 g/mol. The van der Waals surface area contributed by atoms with Crippen LogP contribution < -0.4 is 0 Å². The molecule has 25 nitrogen and oxygen atoms in total. The summed E-state index contributed by atoms with van der Waals surface area (Å²) in [6, 6.07) is 0. The summed E-state index contributed by atoms with van der Waals surface area (Å²) in [5.41, 5.74) is 1.91. The van der Waals surface area contributed by atoms with E-state index in [1.807, 2.05) is 0 Å². The molecule has 4 rings (SSSR count). The summed E-state index contributed by atoms with van der Waals surface area (Å²) < 4.78 is 36.4. The van der Waals surface area contributed by atoms with Gasteiger partial charge in [-0.15, -0.1) is 0 Å². The molecule has 3 saturated heterocycles. The number of hydrogen-bond donors (Lipinski definition) is 1. The number of carbonyl (C=O) groups is 5. The van der Waals surface area contributed by atoms with Crippen LogP contribution in [0.1, 0.15) is 65.2 Å². The quantitative estimate of drug-likeness (QED) is 0.0394. The van der Waals surface area contributed by atoms with Crippen molar-refractivity contribution < 1.29 is 81.9 Å². The molecule has 0 aromatic carbocycles. The molecule has 1 N–H and O–H groups in total. The molecule has 9 unspecified atom stereocenters. The Hall–Kier alpha value is -5.69. The molecule has 3 heterocycles. The Labute approximate surface area is 328 Å². The molecular weight excluding hydrogens is 788 g/mol. The first-order chi connectivity index (χ1) is 27.2. The zero-order valence-electron chi connectivity index (χ0n) is 31.5. The lowest BCUT2D eigenvalue weighted by molar-refractivity contribution is -0.479. The number of nitro groups is 4. The van der Waals surface area contributed by atoms with Gasteiger partial charge in [0.2, 0.25) is 26.2 Å². The molecule has 322 valence electrons. The van der Waals surface area contributed by atoms with Crippen LogP contribution in [0.5, 0.6) is 0 Å². The standard InChI is InChI=1S/C18H24N4O18.C15H20O3/c23-11(1-5-19(28)29)36-9-10-15(38-12(24)2-6-20(30)31)16(39-13(25)3-7-21(32)33)17(18(27)37-10)40-14(26)4-8-22(34)35;1-9-5-4-8-15(3)13(18-15)12-11(7-6-9)10(2)14(16)17-12/h10,15-18,27H,1-9H2;5,11-13H,2,4,6-8H2,1,3H3. The van der Waals surface area contributed by atoms with E-state index in [4.69, 9.17) is 33.2 Å². The van der Waals surface area contributed by atoms with Crippen molar-refractivity contribution in [1.82, 2.24) is 0 Å². The Morgan fingerprint density at radius 1 is 0.828 bits per heavy atom. The van der Waals surface area contributed by atoms with Gasteiger partial charge in [0.15, 0.2) is 24.6 Å². The Bertz CT molecular complexity index is 1650. The van der Waals surface area contributed by atoms with E-state index in [0.717, 1.165) is 25.7 Å². The van der Waals surface area contributed by atoms with E-state index in [1.54, 1.807) is 0 Å². The number of aliphatic hydroxyl groups is 1. The second kappa shape index (κ2) is 21.2. The number of nitrogens with zero attached hydrogens (tertiary/aromatic N) is 4. The molecule has 0 aromatic heterocycles. The summed E-state index contributed by atoms with van der Waals surface area (Å²) in [6.07, 6.45) is -6.92. The fraction of sp³-hybridized carbons (Fsp3) is 0.727. The number of ether oxygens (including phenoxy) is 7. The molecule has 58 heavy (non-hydrogen) atoms. The molecule has 3 aliphatic heterocycles. The summed E-state index contributed by atoms with van der Waals surface area (Å²) in [5.74, 6) is -5.17. The Morgan fingerprint density at radius 2 is 1.31 bits per heavy atom. The molecule has 3 fully saturated rings. The van der Waals surface area contributed by atoms with Crippen molar-refractivity contribution in [3.8, 4) is 0 Å². The van der Waals surface area contributed by atoms with Crippen LogP contribution in [0.25, 0.3) is 0 Å². The van der Waals surface area contributed by atoms with Gasteiger partial charge in [0.05, 0.1) is 5.60 Å². The van der Waals surface area contributed by atoms with Crippen molar-refractivity contribution in [2.75, 3.05) is 32.8 Å².